The maximum atomic E-state index is 8.93. The molecular formula is C23H27N5O2. The largest absolute Gasteiger partial charge is 0.467 e. The van der Waals surface area contributed by atoms with Gasteiger partial charge in [-0.05, 0) is 63.1 Å². The molecule has 1 aromatic carbocycles. The third-order valence-electron chi connectivity index (χ3n) is 5.04. The summed E-state index contributed by atoms with van der Waals surface area (Å²) in [6.07, 6.45) is 7.65. The Hall–Kier alpha value is -3.13. The molecule has 0 radical (unpaired) electrons. The van der Waals surface area contributed by atoms with E-state index < -0.39 is 0 Å². The lowest BCUT2D eigenvalue weighted by Gasteiger charge is -2.31. The molecule has 0 aliphatic carbocycles. The van der Waals surface area contributed by atoms with E-state index in [1.807, 2.05) is 38.1 Å². The lowest BCUT2D eigenvalue weighted by Crippen LogP contribution is -2.42. The van der Waals surface area contributed by atoms with Crippen molar-refractivity contribution in [3.05, 3.63) is 35.4 Å². The Labute approximate surface area is 178 Å². The van der Waals surface area contributed by atoms with Gasteiger partial charge in [-0.1, -0.05) is 5.92 Å². The first-order valence-corrected chi connectivity index (χ1v) is 10.2. The number of benzene rings is 1. The van der Waals surface area contributed by atoms with E-state index in [0.717, 1.165) is 54.1 Å². The molecule has 30 heavy (non-hydrogen) atoms. The molecule has 0 unspecified atom stereocenters. The van der Waals surface area contributed by atoms with E-state index in [-0.39, 0.29) is 12.8 Å². The van der Waals surface area contributed by atoms with Crippen LogP contribution in [-0.2, 0) is 4.74 Å². The quantitative estimate of drug-likeness (QED) is 0.312. The number of nitriles is 1. The zero-order chi connectivity index (χ0) is 21.3. The molecular weight excluding hydrogens is 378 g/mol. The molecule has 0 spiro atoms. The van der Waals surface area contributed by atoms with Crippen LogP contribution in [0.25, 0.3) is 11.3 Å². The van der Waals surface area contributed by atoms with Gasteiger partial charge in [-0.15, -0.1) is 16.6 Å². The van der Waals surface area contributed by atoms with Crippen molar-refractivity contribution in [1.29, 1.82) is 5.26 Å². The van der Waals surface area contributed by atoms with E-state index in [1.165, 1.54) is 0 Å². The van der Waals surface area contributed by atoms with Gasteiger partial charge < -0.3 is 14.8 Å². The number of piperidine rings is 1. The summed E-state index contributed by atoms with van der Waals surface area (Å²) in [5.41, 5.74) is 3.27. The summed E-state index contributed by atoms with van der Waals surface area (Å²) in [4.78, 5) is 2.16. The molecule has 7 heteroatoms. The number of nitrogens with zero attached hydrogens (tertiary/aromatic N) is 4. The molecule has 1 aliphatic rings. The Kier molecular flexibility index (Phi) is 7.62. The number of ether oxygens (including phenoxy) is 2. The summed E-state index contributed by atoms with van der Waals surface area (Å²) in [6, 6.07) is 10.1. The number of nitrogens with one attached hydrogen (secondary N) is 1. The molecule has 0 saturated carbocycles. The summed E-state index contributed by atoms with van der Waals surface area (Å²) in [6.45, 7) is 6.88. The number of hydrogen-bond donors (Lipinski definition) is 1. The van der Waals surface area contributed by atoms with Crippen molar-refractivity contribution in [3.63, 3.8) is 0 Å². The minimum atomic E-state index is 0.143. The van der Waals surface area contributed by atoms with Crippen LogP contribution in [0, 0.1) is 30.6 Å². The first-order chi connectivity index (χ1) is 14.6. The second-order valence-electron chi connectivity index (χ2n) is 7.25. The summed E-state index contributed by atoms with van der Waals surface area (Å²) in [5, 5.41) is 21.2. The second kappa shape index (κ2) is 10.6. The Morgan fingerprint density at radius 2 is 2.20 bits per heavy atom. The summed E-state index contributed by atoms with van der Waals surface area (Å²) >= 11 is 0. The lowest BCUT2D eigenvalue weighted by atomic mass is 10.0. The molecule has 3 rings (SSSR count). The van der Waals surface area contributed by atoms with E-state index in [2.05, 4.69) is 32.4 Å². The SMILES string of the molecule is C#Cc1ccc(-c2nnc(N[C@@H]3CCCN(CC#N)C3)cc2C)c(OCOCC)c1. The number of aryl methyl sites for hydroxylation is 1. The summed E-state index contributed by atoms with van der Waals surface area (Å²) in [7, 11) is 0. The Morgan fingerprint density at radius 3 is 2.93 bits per heavy atom. The molecule has 0 amide bonds. The minimum absolute atomic E-state index is 0.143. The van der Waals surface area contributed by atoms with Gasteiger partial charge in [-0.25, -0.2) is 0 Å². The molecule has 0 bridgehead atoms. The first-order valence-electron chi connectivity index (χ1n) is 10.2. The molecule has 1 atom stereocenters. The number of likely N-dealkylation sites (tertiary alicyclic amines) is 1. The average Bonchev–Trinajstić information content (AvgIpc) is 2.75. The van der Waals surface area contributed by atoms with Crippen LogP contribution in [0.2, 0.25) is 0 Å². The van der Waals surface area contributed by atoms with E-state index in [4.69, 9.17) is 21.2 Å². The molecule has 1 N–H and O–H groups in total. The Morgan fingerprint density at radius 1 is 1.33 bits per heavy atom. The zero-order valence-corrected chi connectivity index (χ0v) is 17.5. The summed E-state index contributed by atoms with van der Waals surface area (Å²) < 4.78 is 11.1. The molecule has 7 nitrogen and oxygen atoms in total. The molecule has 1 fully saturated rings. The molecule has 1 aliphatic heterocycles. The van der Waals surface area contributed by atoms with Crippen molar-refractivity contribution in [2.24, 2.45) is 0 Å². The first kappa shape index (κ1) is 21.6. The van der Waals surface area contributed by atoms with Crippen LogP contribution in [0.5, 0.6) is 5.75 Å². The fourth-order valence-electron chi connectivity index (χ4n) is 3.56. The van der Waals surface area contributed by atoms with Gasteiger partial charge in [-0.2, -0.15) is 5.26 Å². The number of hydrogen-bond acceptors (Lipinski definition) is 7. The number of rotatable bonds is 8. The van der Waals surface area contributed by atoms with Crippen LogP contribution in [-0.4, -0.2) is 54.2 Å². The highest BCUT2D eigenvalue weighted by molar-refractivity contribution is 5.71. The van der Waals surface area contributed by atoms with Crippen molar-refractivity contribution in [1.82, 2.24) is 15.1 Å². The third kappa shape index (κ3) is 5.48. The van der Waals surface area contributed by atoms with Crippen molar-refractivity contribution in [2.75, 3.05) is 38.4 Å². The van der Waals surface area contributed by atoms with Crippen LogP contribution < -0.4 is 10.1 Å². The molecule has 2 aromatic rings. The Balaban J connectivity index is 1.78. The van der Waals surface area contributed by atoms with E-state index >= 15 is 0 Å². The van der Waals surface area contributed by atoms with Crippen LogP contribution in [0.3, 0.4) is 0 Å². The Bertz CT molecular complexity index is 948. The van der Waals surface area contributed by atoms with Gasteiger partial charge in [0.2, 0.25) is 0 Å². The van der Waals surface area contributed by atoms with E-state index in [9.17, 15) is 0 Å². The van der Waals surface area contributed by atoms with Crippen LogP contribution >= 0.6 is 0 Å². The molecule has 2 heterocycles. The van der Waals surface area contributed by atoms with Crippen LogP contribution in [0.4, 0.5) is 5.82 Å². The number of terminal acetylenes is 1. The average molecular weight is 406 g/mol. The predicted molar refractivity (Wildman–Crippen MR) is 116 cm³/mol. The number of anilines is 1. The van der Waals surface area contributed by atoms with Gasteiger partial charge in [0.25, 0.3) is 0 Å². The maximum absolute atomic E-state index is 8.93. The topological polar surface area (TPSA) is 83.3 Å². The minimum Gasteiger partial charge on any atom is -0.467 e. The fourth-order valence-corrected chi connectivity index (χ4v) is 3.56. The van der Waals surface area contributed by atoms with Gasteiger partial charge in [0.15, 0.2) is 6.79 Å². The standard InChI is InChI=1S/C23H27N5O2/c1-4-18-8-9-20(21(14-18)30-16-29-5-2)23-17(3)13-22(26-27-23)25-19-7-6-11-28(15-19)12-10-24/h1,8-9,13-14,19H,5-7,11-12,15-16H2,2-3H3,(H,25,26)/t19-/m1/s1. The zero-order valence-electron chi connectivity index (χ0n) is 17.5. The third-order valence-corrected chi connectivity index (χ3v) is 5.04. The van der Waals surface area contributed by atoms with Crippen molar-refractivity contribution in [2.45, 2.75) is 32.7 Å². The monoisotopic (exact) mass is 405 g/mol. The van der Waals surface area contributed by atoms with Gasteiger partial charge in [0.05, 0.1) is 18.3 Å². The fraction of sp³-hybridized carbons (Fsp3) is 0.435. The second-order valence-corrected chi connectivity index (χ2v) is 7.25. The van der Waals surface area contributed by atoms with Gasteiger partial charge >= 0.3 is 0 Å². The molecule has 1 saturated heterocycles. The van der Waals surface area contributed by atoms with E-state index in [1.54, 1.807) is 0 Å². The highest BCUT2D eigenvalue weighted by Crippen LogP contribution is 2.32. The van der Waals surface area contributed by atoms with Gasteiger partial charge in [-0.3, -0.25) is 4.90 Å². The van der Waals surface area contributed by atoms with Crippen molar-refractivity contribution >= 4 is 5.82 Å². The summed E-state index contributed by atoms with van der Waals surface area (Å²) in [5.74, 6) is 3.98. The lowest BCUT2D eigenvalue weighted by molar-refractivity contribution is 0.0227. The van der Waals surface area contributed by atoms with Crippen LogP contribution in [0.1, 0.15) is 30.9 Å². The van der Waals surface area contributed by atoms with Crippen LogP contribution in [0.15, 0.2) is 24.3 Å². The van der Waals surface area contributed by atoms with Crippen molar-refractivity contribution in [3.8, 4) is 35.4 Å². The maximum Gasteiger partial charge on any atom is 0.189 e. The van der Waals surface area contributed by atoms with Crippen molar-refractivity contribution < 1.29 is 9.47 Å². The van der Waals surface area contributed by atoms with E-state index in [0.29, 0.717) is 18.9 Å². The number of aromatic nitrogens is 2. The van der Waals surface area contributed by atoms with Gasteiger partial charge in [0.1, 0.15) is 11.6 Å². The normalized spacial score (nSPS) is 16.5. The molecule has 156 valence electrons. The predicted octanol–water partition coefficient (Wildman–Crippen LogP) is 3.21. The smallest absolute Gasteiger partial charge is 0.189 e. The molecule has 1 aromatic heterocycles. The van der Waals surface area contributed by atoms with Gasteiger partial charge in [0, 0.05) is 30.3 Å². The highest BCUT2D eigenvalue weighted by atomic mass is 16.7. The highest BCUT2D eigenvalue weighted by Gasteiger charge is 2.20.